The zero-order valence-corrected chi connectivity index (χ0v) is 16.2. The second-order valence-corrected chi connectivity index (χ2v) is 7.23. The highest BCUT2D eigenvalue weighted by molar-refractivity contribution is 8.15. The molecule has 1 aliphatic heterocycles. The first kappa shape index (κ1) is 20.5. The molecule has 1 N–H and O–H groups in total. The van der Waals surface area contributed by atoms with Gasteiger partial charge in [-0.25, -0.2) is 9.38 Å². The molecule has 2 aromatic carbocycles. The van der Waals surface area contributed by atoms with Crippen molar-refractivity contribution in [2.75, 3.05) is 11.9 Å². The predicted octanol–water partition coefficient (Wildman–Crippen LogP) is 3.71. The van der Waals surface area contributed by atoms with E-state index in [2.05, 4.69) is 10.3 Å². The highest BCUT2D eigenvalue weighted by atomic mass is 32.2. The average Bonchev–Trinajstić information content (AvgIpc) is 2.98. The number of para-hydroxylation sites is 3. The lowest BCUT2D eigenvalue weighted by molar-refractivity contribution is -0.383. The van der Waals surface area contributed by atoms with E-state index in [0.717, 1.165) is 11.8 Å². The molecule has 0 aliphatic carbocycles. The largest absolute Gasteiger partial charge is 0.320 e. The van der Waals surface area contributed by atoms with Crippen molar-refractivity contribution in [2.24, 2.45) is 4.99 Å². The lowest BCUT2D eigenvalue weighted by Gasteiger charge is -2.13. The minimum Gasteiger partial charge on any atom is -0.320 e. The number of nitro benzene ring substituents is 1. The van der Waals surface area contributed by atoms with Gasteiger partial charge >= 0.3 is 0 Å². The van der Waals surface area contributed by atoms with Gasteiger partial charge in [-0.15, -0.1) is 0 Å². The van der Waals surface area contributed by atoms with Crippen LogP contribution in [0.3, 0.4) is 0 Å². The van der Waals surface area contributed by atoms with Crippen molar-refractivity contribution in [1.29, 1.82) is 0 Å². The van der Waals surface area contributed by atoms with E-state index in [1.165, 1.54) is 35.2 Å². The van der Waals surface area contributed by atoms with Crippen LogP contribution in [0.25, 0.3) is 0 Å². The maximum atomic E-state index is 13.9. The highest BCUT2D eigenvalue weighted by Gasteiger charge is 2.38. The fourth-order valence-electron chi connectivity index (χ4n) is 2.77. The van der Waals surface area contributed by atoms with Gasteiger partial charge in [0.25, 0.3) is 5.69 Å². The lowest BCUT2D eigenvalue weighted by atomic mass is 10.2. The fourth-order valence-corrected chi connectivity index (χ4v) is 3.98. The number of amidine groups is 1. The Morgan fingerprint density at radius 2 is 1.97 bits per heavy atom. The summed E-state index contributed by atoms with van der Waals surface area (Å²) in [5, 5.41) is 13.1. The Hall–Kier alpha value is -3.27. The van der Waals surface area contributed by atoms with E-state index in [-0.39, 0.29) is 29.4 Å². The number of nitro groups is 1. The van der Waals surface area contributed by atoms with Gasteiger partial charge in [-0.2, -0.15) is 0 Å². The number of nitrogens with zero attached hydrogens (tertiary/aromatic N) is 3. The maximum absolute atomic E-state index is 13.9. The molecule has 8 nitrogen and oxygen atoms in total. The zero-order valence-electron chi connectivity index (χ0n) is 15.4. The molecule has 1 unspecified atom stereocenters. The summed E-state index contributed by atoms with van der Waals surface area (Å²) in [6, 6.07) is 11.7. The molecule has 1 fully saturated rings. The van der Waals surface area contributed by atoms with Gasteiger partial charge in [0.05, 0.1) is 4.92 Å². The van der Waals surface area contributed by atoms with E-state index in [9.17, 15) is 24.1 Å². The molecule has 0 bridgehead atoms. The molecule has 0 aromatic heterocycles. The van der Waals surface area contributed by atoms with Crippen LogP contribution in [-0.4, -0.2) is 38.6 Å². The molecule has 1 saturated heterocycles. The molecule has 10 heteroatoms. The summed E-state index contributed by atoms with van der Waals surface area (Å²) in [6.45, 7) is 2.08. The van der Waals surface area contributed by atoms with Gasteiger partial charge in [0.15, 0.2) is 5.17 Å². The molecule has 2 aromatic rings. The first-order chi connectivity index (χ1) is 13.9. The maximum Gasteiger partial charge on any atom is 0.292 e. The summed E-state index contributed by atoms with van der Waals surface area (Å²) in [5.74, 6) is -1.36. The van der Waals surface area contributed by atoms with E-state index < -0.39 is 21.9 Å². The first-order valence-corrected chi connectivity index (χ1v) is 9.63. The number of anilines is 1. The third-order valence-corrected chi connectivity index (χ3v) is 5.33. The topological polar surface area (TPSA) is 105 Å². The standard InChI is InChI=1S/C19H17FN4O4S/c1-2-23-18(26)16(29-19(23)22-13-8-4-3-7-12(13)20)11-17(25)21-14-9-5-6-10-15(14)24(27)28/h3-10,16H,2,11H2,1H3,(H,21,25). The van der Waals surface area contributed by atoms with Gasteiger partial charge in [-0.1, -0.05) is 36.0 Å². The summed E-state index contributed by atoms with van der Waals surface area (Å²) in [5.41, 5.74) is -0.0694. The first-order valence-electron chi connectivity index (χ1n) is 8.75. The number of rotatable bonds is 6. The van der Waals surface area contributed by atoms with Gasteiger partial charge in [0.1, 0.15) is 22.4 Å². The number of thioether (sulfide) groups is 1. The monoisotopic (exact) mass is 416 g/mol. The number of hydrogen-bond donors (Lipinski definition) is 1. The number of carbonyl (C=O) groups is 2. The Morgan fingerprint density at radius 1 is 1.28 bits per heavy atom. The summed E-state index contributed by atoms with van der Waals surface area (Å²) in [4.78, 5) is 41.1. The normalized spacial score (nSPS) is 17.6. The third kappa shape index (κ3) is 4.60. The molecule has 1 atom stereocenters. The van der Waals surface area contributed by atoms with Gasteiger partial charge < -0.3 is 5.32 Å². The Labute approximate surface area is 170 Å². The second kappa shape index (κ2) is 8.82. The number of hydrogen-bond acceptors (Lipinski definition) is 6. The van der Waals surface area contributed by atoms with Crippen LogP contribution >= 0.6 is 11.8 Å². The van der Waals surface area contributed by atoms with Gasteiger partial charge in [-0.3, -0.25) is 24.6 Å². The fraction of sp³-hybridized carbons (Fsp3) is 0.211. The molecule has 1 heterocycles. The van der Waals surface area contributed by atoms with Crippen molar-refractivity contribution in [3.63, 3.8) is 0 Å². The van der Waals surface area contributed by atoms with E-state index >= 15 is 0 Å². The number of amides is 2. The molecule has 1 aliphatic rings. The summed E-state index contributed by atoms with van der Waals surface area (Å²) in [7, 11) is 0. The predicted molar refractivity (Wildman–Crippen MR) is 109 cm³/mol. The smallest absolute Gasteiger partial charge is 0.292 e. The molecule has 150 valence electrons. The van der Waals surface area contributed by atoms with E-state index in [0.29, 0.717) is 11.7 Å². The summed E-state index contributed by atoms with van der Waals surface area (Å²) < 4.78 is 13.9. The Balaban J connectivity index is 1.75. The van der Waals surface area contributed by atoms with Crippen molar-refractivity contribution in [3.05, 3.63) is 64.5 Å². The highest BCUT2D eigenvalue weighted by Crippen LogP contribution is 2.32. The Kier molecular flexibility index (Phi) is 6.23. The number of aliphatic imine (C=N–C) groups is 1. The van der Waals surface area contributed by atoms with E-state index in [1.807, 2.05) is 0 Å². The minimum absolute atomic E-state index is 0.0607. The van der Waals surface area contributed by atoms with Crippen LogP contribution in [0.5, 0.6) is 0 Å². The molecule has 0 spiro atoms. The van der Waals surface area contributed by atoms with Crippen LogP contribution < -0.4 is 5.32 Å². The quantitative estimate of drug-likeness (QED) is 0.571. The van der Waals surface area contributed by atoms with Crippen molar-refractivity contribution in [3.8, 4) is 0 Å². The molecule has 0 saturated carbocycles. The van der Waals surface area contributed by atoms with Gasteiger partial charge in [0, 0.05) is 19.0 Å². The average molecular weight is 416 g/mol. The number of benzene rings is 2. The van der Waals surface area contributed by atoms with E-state index in [1.54, 1.807) is 25.1 Å². The second-order valence-electron chi connectivity index (χ2n) is 6.06. The van der Waals surface area contributed by atoms with Crippen molar-refractivity contribution in [1.82, 2.24) is 4.90 Å². The van der Waals surface area contributed by atoms with Crippen LogP contribution in [0, 0.1) is 15.9 Å². The van der Waals surface area contributed by atoms with Crippen LogP contribution in [0.15, 0.2) is 53.5 Å². The van der Waals surface area contributed by atoms with Crippen molar-refractivity contribution in [2.45, 2.75) is 18.6 Å². The Bertz CT molecular complexity index is 998. The van der Waals surface area contributed by atoms with Crippen LogP contribution in [-0.2, 0) is 9.59 Å². The minimum atomic E-state index is -0.747. The number of nitrogens with one attached hydrogen (secondary N) is 1. The van der Waals surface area contributed by atoms with E-state index in [4.69, 9.17) is 0 Å². The lowest BCUT2D eigenvalue weighted by Crippen LogP contribution is -2.33. The zero-order chi connectivity index (χ0) is 21.0. The molecule has 2 amide bonds. The number of halogens is 1. The molecular formula is C19H17FN4O4S. The van der Waals surface area contributed by atoms with Crippen LogP contribution in [0.2, 0.25) is 0 Å². The third-order valence-electron chi connectivity index (χ3n) is 4.15. The van der Waals surface area contributed by atoms with Crippen LogP contribution in [0.1, 0.15) is 13.3 Å². The summed E-state index contributed by atoms with van der Waals surface area (Å²) in [6.07, 6.45) is -0.192. The SMILES string of the molecule is CCN1C(=O)C(CC(=O)Nc2ccccc2[N+](=O)[O-])SC1=Nc1ccccc1F. The molecular weight excluding hydrogens is 399 g/mol. The van der Waals surface area contributed by atoms with Gasteiger partial charge in [-0.05, 0) is 25.1 Å². The van der Waals surface area contributed by atoms with Crippen molar-refractivity contribution < 1.29 is 18.9 Å². The summed E-state index contributed by atoms with van der Waals surface area (Å²) >= 11 is 1.07. The van der Waals surface area contributed by atoms with Gasteiger partial charge in [0.2, 0.25) is 11.8 Å². The van der Waals surface area contributed by atoms with Crippen molar-refractivity contribution >= 4 is 45.8 Å². The number of carbonyl (C=O) groups excluding carboxylic acids is 2. The molecule has 29 heavy (non-hydrogen) atoms. The Morgan fingerprint density at radius 3 is 2.66 bits per heavy atom. The molecule has 0 radical (unpaired) electrons. The van der Waals surface area contributed by atoms with Crippen LogP contribution in [0.4, 0.5) is 21.5 Å². The molecule has 3 rings (SSSR count).